The highest BCUT2D eigenvalue weighted by atomic mass is 16.1. The van der Waals surface area contributed by atoms with Crippen molar-refractivity contribution in [3.8, 4) is 0 Å². The van der Waals surface area contributed by atoms with Crippen molar-refractivity contribution >= 4 is 28.7 Å². The van der Waals surface area contributed by atoms with Crippen molar-refractivity contribution in [1.82, 2.24) is 0 Å². The average molecular weight is 659 g/mol. The fourth-order valence-electron chi connectivity index (χ4n) is 7.56. The van der Waals surface area contributed by atoms with E-state index in [0.717, 1.165) is 30.4 Å². The summed E-state index contributed by atoms with van der Waals surface area (Å²) < 4.78 is 0. The lowest BCUT2D eigenvalue weighted by Crippen LogP contribution is -2.37. The van der Waals surface area contributed by atoms with Crippen LogP contribution in [-0.4, -0.2) is 23.1 Å². The number of Topliss-reactive ketones (excluding diaryl/α,β-unsaturated/α-hetero) is 3. The van der Waals surface area contributed by atoms with Crippen molar-refractivity contribution in [3.63, 3.8) is 0 Å². The van der Waals surface area contributed by atoms with Gasteiger partial charge in [-0.2, -0.15) is 0 Å². The summed E-state index contributed by atoms with van der Waals surface area (Å²) in [6.45, 7) is 28.3. The highest BCUT2D eigenvalue weighted by molar-refractivity contribution is 5.97. The summed E-state index contributed by atoms with van der Waals surface area (Å²) in [5.74, 6) is -0.640. The number of unbranched alkanes of at least 4 members (excludes halogenated alkanes) is 1. The molecule has 0 N–H and O–H groups in total. The van der Waals surface area contributed by atoms with Crippen molar-refractivity contribution in [2.45, 2.75) is 140 Å². The molecule has 4 nitrogen and oxygen atoms in total. The summed E-state index contributed by atoms with van der Waals surface area (Å²) in [6, 6.07) is 8.49. The van der Waals surface area contributed by atoms with Crippen LogP contribution in [0.1, 0.15) is 151 Å². The molecule has 2 rings (SSSR count). The number of fused-ring (bicyclic) bond motifs is 1. The summed E-state index contributed by atoms with van der Waals surface area (Å²) >= 11 is 0. The molecule has 0 heterocycles. The molecule has 1 aliphatic rings. The minimum atomic E-state index is -0.473. The van der Waals surface area contributed by atoms with Gasteiger partial charge < -0.3 is 0 Å². The van der Waals surface area contributed by atoms with Crippen LogP contribution in [0.15, 0.2) is 54.1 Å². The summed E-state index contributed by atoms with van der Waals surface area (Å²) in [5, 5.41) is 0. The third kappa shape index (κ3) is 11.1. The molecule has 266 valence electrons. The summed E-state index contributed by atoms with van der Waals surface area (Å²) in [5.41, 5.74) is 5.03. The van der Waals surface area contributed by atoms with E-state index in [1.54, 1.807) is 13.0 Å². The molecule has 0 bridgehead atoms. The molecule has 0 fully saturated rings. The molecule has 1 aromatic rings. The number of hydrogen-bond donors (Lipinski definition) is 0. The summed E-state index contributed by atoms with van der Waals surface area (Å²) in [7, 11) is 0. The van der Waals surface area contributed by atoms with Gasteiger partial charge in [0.2, 0.25) is 0 Å². The van der Waals surface area contributed by atoms with Crippen LogP contribution in [0.4, 0.5) is 0 Å². The Bertz CT molecular complexity index is 1380. The van der Waals surface area contributed by atoms with Crippen LogP contribution < -0.4 is 0 Å². The largest absolute Gasteiger partial charge is 0.300 e. The van der Waals surface area contributed by atoms with Gasteiger partial charge in [0.1, 0.15) is 17.3 Å². The number of carbonyl (C=O) groups excluding carboxylic acids is 4. The first-order valence-electron chi connectivity index (χ1n) is 18.5. The number of ketones is 4. The van der Waals surface area contributed by atoms with Crippen molar-refractivity contribution in [2.75, 3.05) is 0 Å². The second-order valence-corrected chi connectivity index (χ2v) is 16.8. The number of hydrogen-bond acceptors (Lipinski definition) is 4. The monoisotopic (exact) mass is 658 g/mol. The Morgan fingerprint density at radius 1 is 0.875 bits per heavy atom. The van der Waals surface area contributed by atoms with Crippen LogP contribution in [0.5, 0.6) is 0 Å². The van der Waals surface area contributed by atoms with E-state index < -0.39 is 11.3 Å². The van der Waals surface area contributed by atoms with Gasteiger partial charge in [-0.15, -0.1) is 6.58 Å². The summed E-state index contributed by atoms with van der Waals surface area (Å²) in [4.78, 5) is 54.1. The molecule has 0 saturated carbocycles. The number of carbonyl (C=O) groups is 4. The Balaban J connectivity index is 2.24. The Labute approximate surface area is 293 Å². The number of rotatable bonds is 20. The Morgan fingerprint density at radius 3 is 2.04 bits per heavy atom. The molecular weight excluding hydrogens is 592 g/mol. The lowest BCUT2D eigenvalue weighted by Gasteiger charge is -2.37. The standard InChI is InChI=1S/C44H66O4/c1-14-37(44(12,13)38-24-30(6)35-21-17-18-22-36(35)38)42(48)27-39(43(9,10)11)41(47)26-34(29(4)5)23-31(7)40(46)25-33(32(8)45)20-16-15-19-28(2)3/h17-18,21-22,24,26,29-31,33,37,39H,2,14-16,19-20,23,25,27H2,1,3-13H3/b34-26-. The molecule has 0 aromatic heterocycles. The van der Waals surface area contributed by atoms with Gasteiger partial charge >= 0.3 is 0 Å². The van der Waals surface area contributed by atoms with Crippen LogP contribution in [-0.2, 0) is 19.2 Å². The second-order valence-electron chi connectivity index (χ2n) is 16.8. The molecule has 5 atom stereocenters. The molecule has 0 saturated heterocycles. The van der Waals surface area contributed by atoms with E-state index in [1.807, 2.05) is 34.6 Å². The van der Waals surface area contributed by atoms with Gasteiger partial charge in [-0.1, -0.05) is 117 Å². The van der Waals surface area contributed by atoms with Gasteiger partial charge in [-0.3, -0.25) is 19.2 Å². The zero-order valence-corrected chi connectivity index (χ0v) is 32.4. The van der Waals surface area contributed by atoms with Crippen molar-refractivity contribution in [1.29, 1.82) is 0 Å². The van der Waals surface area contributed by atoms with Crippen molar-refractivity contribution in [3.05, 3.63) is 65.3 Å². The predicted molar refractivity (Wildman–Crippen MR) is 202 cm³/mol. The molecule has 1 aromatic carbocycles. The first kappa shape index (κ1) is 41.3. The van der Waals surface area contributed by atoms with Gasteiger partial charge in [0.05, 0.1) is 0 Å². The topological polar surface area (TPSA) is 68.3 Å². The second kappa shape index (κ2) is 17.7. The third-order valence-corrected chi connectivity index (χ3v) is 10.9. The molecule has 4 heteroatoms. The molecule has 0 amide bonds. The van der Waals surface area contributed by atoms with E-state index >= 15 is 0 Å². The average Bonchev–Trinajstić information content (AvgIpc) is 3.33. The first-order valence-corrected chi connectivity index (χ1v) is 18.5. The Kier molecular flexibility index (Phi) is 15.2. The third-order valence-electron chi connectivity index (χ3n) is 10.9. The molecule has 48 heavy (non-hydrogen) atoms. The molecule has 0 radical (unpaired) electrons. The van der Waals surface area contributed by atoms with E-state index in [-0.39, 0.29) is 65.1 Å². The van der Waals surface area contributed by atoms with Gasteiger partial charge in [0, 0.05) is 42.4 Å². The normalized spacial score (nSPS) is 17.7. The van der Waals surface area contributed by atoms with E-state index in [2.05, 4.69) is 78.5 Å². The van der Waals surface area contributed by atoms with Crippen LogP contribution in [0.25, 0.3) is 5.57 Å². The fourth-order valence-corrected chi connectivity index (χ4v) is 7.56. The van der Waals surface area contributed by atoms with E-state index in [0.29, 0.717) is 25.2 Å². The maximum Gasteiger partial charge on any atom is 0.159 e. The quantitative estimate of drug-likeness (QED) is 0.0794. The van der Waals surface area contributed by atoms with Gasteiger partial charge in [0.25, 0.3) is 0 Å². The van der Waals surface area contributed by atoms with Gasteiger partial charge in [0.15, 0.2) is 5.78 Å². The highest BCUT2D eigenvalue weighted by Crippen LogP contribution is 2.50. The molecule has 0 aliphatic heterocycles. The predicted octanol–water partition coefficient (Wildman–Crippen LogP) is 11.3. The zero-order chi connectivity index (χ0) is 36.6. The Hall–Kier alpha value is -2.88. The molecular formula is C44H66O4. The summed E-state index contributed by atoms with van der Waals surface area (Å²) in [6.07, 6.45) is 9.20. The minimum absolute atomic E-state index is 0.0370. The lowest BCUT2D eigenvalue weighted by atomic mass is 9.65. The SMILES string of the molecule is C=C(C)CCCCC(CC(=O)C(C)C/C(=C/C(=O)C(CC(=O)C(CC)C(C)(C)C1=CC(C)c2ccccc21)C(C)(C)C)C(C)C)C(C)=O. The fraction of sp³-hybridized carbons (Fsp3) is 0.636. The van der Waals surface area contributed by atoms with E-state index in [1.165, 1.54) is 16.7 Å². The molecule has 5 unspecified atom stereocenters. The zero-order valence-electron chi connectivity index (χ0n) is 32.4. The van der Waals surface area contributed by atoms with E-state index in [4.69, 9.17) is 0 Å². The van der Waals surface area contributed by atoms with Gasteiger partial charge in [-0.05, 0) is 85.5 Å². The van der Waals surface area contributed by atoms with Crippen LogP contribution in [0.3, 0.4) is 0 Å². The maximum absolute atomic E-state index is 14.2. The van der Waals surface area contributed by atoms with Crippen LogP contribution in [0.2, 0.25) is 0 Å². The van der Waals surface area contributed by atoms with Crippen LogP contribution >= 0.6 is 0 Å². The van der Waals surface area contributed by atoms with Gasteiger partial charge in [-0.25, -0.2) is 0 Å². The maximum atomic E-state index is 14.2. The first-order chi connectivity index (χ1) is 22.2. The smallest absolute Gasteiger partial charge is 0.159 e. The van der Waals surface area contributed by atoms with Crippen molar-refractivity contribution < 1.29 is 19.2 Å². The Morgan fingerprint density at radius 2 is 1.50 bits per heavy atom. The minimum Gasteiger partial charge on any atom is -0.300 e. The van der Waals surface area contributed by atoms with Crippen LogP contribution in [0, 0.1) is 40.4 Å². The number of allylic oxidation sites excluding steroid dienone is 5. The number of benzene rings is 1. The van der Waals surface area contributed by atoms with Crippen molar-refractivity contribution in [2.24, 2.45) is 40.4 Å². The molecule has 1 aliphatic carbocycles. The van der Waals surface area contributed by atoms with E-state index in [9.17, 15) is 19.2 Å². The molecule has 0 spiro atoms. The lowest BCUT2D eigenvalue weighted by molar-refractivity contribution is -0.132. The highest BCUT2D eigenvalue weighted by Gasteiger charge is 2.42.